The average molecular weight is 450 g/mol. The van der Waals surface area contributed by atoms with Crippen LogP contribution in [0.5, 0.6) is 0 Å². The first-order valence-electron chi connectivity index (χ1n) is 9.82. The fraction of sp³-hybridized carbons (Fsp3) is 0.130. The number of hydrogen-bond donors (Lipinski definition) is 0. The van der Waals surface area contributed by atoms with E-state index in [4.69, 9.17) is 16.3 Å². The largest absolute Gasteiger partial charge is 0.378 e. The Morgan fingerprint density at radius 1 is 1.03 bits per heavy atom. The fourth-order valence-corrected chi connectivity index (χ4v) is 3.82. The van der Waals surface area contributed by atoms with E-state index >= 15 is 0 Å². The van der Waals surface area contributed by atoms with E-state index in [9.17, 15) is 9.18 Å². The van der Waals surface area contributed by atoms with Crippen LogP contribution in [0.1, 0.15) is 11.3 Å². The Morgan fingerprint density at radius 2 is 1.78 bits per heavy atom. The molecular weight excluding hydrogens is 433 g/mol. The maximum Gasteiger partial charge on any atom is 0.280 e. The number of rotatable bonds is 5. The third-order valence-electron chi connectivity index (χ3n) is 5.20. The van der Waals surface area contributed by atoms with Gasteiger partial charge in [-0.15, -0.1) is 10.2 Å². The highest BCUT2D eigenvalue weighted by Crippen LogP contribution is 2.29. The second kappa shape index (κ2) is 8.14. The van der Waals surface area contributed by atoms with Crippen molar-refractivity contribution in [2.45, 2.75) is 13.2 Å². The molecule has 5 aromatic rings. The molecule has 0 fully saturated rings. The maximum absolute atomic E-state index is 13.4. The van der Waals surface area contributed by atoms with Gasteiger partial charge in [0.1, 0.15) is 11.3 Å². The smallest absolute Gasteiger partial charge is 0.280 e. The van der Waals surface area contributed by atoms with Crippen molar-refractivity contribution in [3.63, 3.8) is 0 Å². The molecule has 5 rings (SSSR count). The van der Waals surface area contributed by atoms with Gasteiger partial charge < -0.3 is 9.30 Å². The predicted octanol–water partition coefficient (Wildman–Crippen LogP) is 4.09. The molecule has 3 heterocycles. The molecule has 0 spiro atoms. The van der Waals surface area contributed by atoms with Gasteiger partial charge in [-0.25, -0.2) is 8.91 Å². The highest BCUT2D eigenvalue weighted by Gasteiger charge is 2.19. The minimum atomic E-state index is -0.337. The van der Waals surface area contributed by atoms with Crippen LogP contribution >= 0.6 is 11.6 Å². The second-order valence-corrected chi connectivity index (χ2v) is 7.74. The summed E-state index contributed by atoms with van der Waals surface area (Å²) in [6.45, 7) is 0.603. The molecule has 0 bridgehead atoms. The molecule has 160 valence electrons. The van der Waals surface area contributed by atoms with Gasteiger partial charge in [0.15, 0.2) is 11.2 Å². The van der Waals surface area contributed by atoms with Crippen LogP contribution in [0, 0.1) is 5.82 Å². The molecule has 9 heteroatoms. The van der Waals surface area contributed by atoms with Crippen LogP contribution in [0.2, 0.25) is 5.02 Å². The number of ether oxygens (including phenoxy) is 1. The van der Waals surface area contributed by atoms with Gasteiger partial charge in [-0.1, -0.05) is 35.9 Å². The van der Waals surface area contributed by atoms with Gasteiger partial charge in [-0.2, -0.15) is 5.10 Å². The van der Waals surface area contributed by atoms with Crippen molar-refractivity contribution < 1.29 is 9.13 Å². The monoisotopic (exact) mass is 449 g/mol. The first kappa shape index (κ1) is 20.3. The van der Waals surface area contributed by atoms with E-state index < -0.39 is 0 Å². The van der Waals surface area contributed by atoms with E-state index in [2.05, 4.69) is 15.3 Å². The Morgan fingerprint density at radius 3 is 2.50 bits per heavy atom. The Hall–Kier alpha value is -3.62. The first-order valence-corrected chi connectivity index (χ1v) is 10.2. The number of benzene rings is 2. The lowest BCUT2D eigenvalue weighted by atomic mass is 10.1. The van der Waals surface area contributed by atoms with Crippen molar-refractivity contribution in [3.8, 4) is 11.1 Å². The number of pyridine rings is 1. The lowest BCUT2D eigenvalue weighted by Gasteiger charge is -2.08. The standard InChI is InChI=1S/C23H17ClFN5O2/c1-32-13-18-20(15-4-8-17(25)9-5-15)22-27-26-21-19(30(22)28-18)10-11-29(23(21)31)12-14-2-6-16(24)7-3-14/h2-11H,12-13H2,1H3. The van der Waals surface area contributed by atoms with E-state index in [0.717, 1.165) is 11.1 Å². The molecule has 2 aromatic carbocycles. The lowest BCUT2D eigenvalue weighted by molar-refractivity contribution is 0.181. The molecule has 0 N–H and O–H groups in total. The van der Waals surface area contributed by atoms with Gasteiger partial charge in [-0.3, -0.25) is 4.79 Å². The zero-order valence-corrected chi connectivity index (χ0v) is 17.8. The molecule has 7 nitrogen and oxygen atoms in total. The fourth-order valence-electron chi connectivity index (χ4n) is 3.69. The molecule has 0 radical (unpaired) electrons. The van der Waals surface area contributed by atoms with Crippen LogP contribution in [0.4, 0.5) is 4.39 Å². The SMILES string of the molecule is COCc1nn2c(nnc3c(=O)n(Cc4ccc(Cl)cc4)ccc32)c1-c1ccc(F)cc1. The van der Waals surface area contributed by atoms with Gasteiger partial charge >= 0.3 is 0 Å². The number of methoxy groups -OCH3 is 1. The summed E-state index contributed by atoms with van der Waals surface area (Å²) in [5, 5.41) is 13.8. The zero-order chi connectivity index (χ0) is 22.2. The van der Waals surface area contributed by atoms with Gasteiger partial charge in [0, 0.05) is 18.3 Å². The quantitative estimate of drug-likeness (QED) is 0.404. The molecule has 0 atom stereocenters. The zero-order valence-electron chi connectivity index (χ0n) is 17.0. The Bertz CT molecular complexity index is 1490. The van der Waals surface area contributed by atoms with Crippen LogP contribution in [0.3, 0.4) is 0 Å². The van der Waals surface area contributed by atoms with E-state index in [1.807, 2.05) is 12.1 Å². The van der Waals surface area contributed by atoms with Crippen LogP contribution in [0.25, 0.3) is 27.8 Å². The number of hydrogen-bond acceptors (Lipinski definition) is 5. The number of halogens is 2. The summed E-state index contributed by atoms with van der Waals surface area (Å²) < 4.78 is 21.9. The van der Waals surface area contributed by atoms with Crippen LogP contribution in [0.15, 0.2) is 65.6 Å². The maximum atomic E-state index is 13.4. The summed E-state index contributed by atoms with van der Waals surface area (Å²) in [5.41, 5.74) is 3.88. The van der Waals surface area contributed by atoms with E-state index in [1.54, 1.807) is 52.7 Å². The van der Waals surface area contributed by atoms with Crippen molar-refractivity contribution in [2.75, 3.05) is 7.11 Å². The molecule has 0 unspecified atom stereocenters. The van der Waals surface area contributed by atoms with Crippen molar-refractivity contribution in [2.24, 2.45) is 0 Å². The number of fused-ring (bicyclic) bond motifs is 3. The minimum absolute atomic E-state index is 0.200. The van der Waals surface area contributed by atoms with Gasteiger partial charge in [-0.05, 0) is 41.5 Å². The Balaban J connectivity index is 1.67. The van der Waals surface area contributed by atoms with E-state index in [1.165, 1.54) is 12.1 Å². The summed E-state index contributed by atoms with van der Waals surface area (Å²) in [6, 6.07) is 15.1. The molecule has 0 aliphatic rings. The molecule has 0 amide bonds. The highest BCUT2D eigenvalue weighted by molar-refractivity contribution is 6.30. The summed E-state index contributed by atoms with van der Waals surface area (Å²) in [5.74, 6) is -0.337. The average Bonchev–Trinajstić information content (AvgIpc) is 3.16. The van der Waals surface area contributed by atoms with Gasteiger partial charge in [0.05, 0.1) is 24.4 Å². The molecular formula is C23H17ClFN5O2. The van der Waals surface area contributed by atoms with Crippen LogP contribution in [-0.4, -0.2) is 31.5 Å². The van der Waals surface area contributed by atoms with Gasteiger partial charge in [0.2, 0.25) is 0 Å². The Kier molecular flexibility index (Phi) is 5.16. The molecule has 0 saturated heterocycles. The summed E-state index contributed by atoms with van der Waals surface area (Å²) in [7, 11) is 1.57. The van der Waals surface area contributed by atoms with Crippen LogP contribution in [-0.2, 0) is 17.9 Å². The molecule has 0 saturated carbocycles. The first-order chi connectivity index (χ1) is 15.5. The Labute approximate surface area is 186 Å². The van der Waals surface area contributed by atoms with E-state index in [0.29, 0.717) is 34.0 Å². The third-order valence-corrected chi connectivity index (χ3v) is 5.46. The molecule has 3 aromatic heterocycles. The molecule has 32 heavy (non-hydrogen) atoms. The third kappa shape index (κ3) is 3.53. The number of aromatic nitrogens is 5. The predicted molar refractivity (Wildman–Crippen MR) is 119 cm³/mol. The highest BCUT2D eigenvalue weighted by atomic mass is 35.5. The molecule has 0 aliphatic heterocycles. The van der Waals surface area contributed by atoms with Crippen molar-refractivity contribution in [3.05, 3.63) is 93.2 Å². The second-order valence-electron chi connectivity index (χ2n) is 7.31. The molecule has 0 aliphatic carbocycles. The van der Waals surface area contributed by atoms with Gasteiger partial charge in [0.25, 0.3) is 5.56 Å². The van der Waals surface area contributed by atoms with Crippen molar-refractivity contribution in [1.29, 1.82) is 0 Å². The topological polar surface area (TPSA) is 74.3 Å². The minimum Gasteiger partial charge on any atom is -0.378 e. The summed E-state index contributed by atoms with van der Waals surface area (Å²) >= 11 is 5.94. The number of nitrogens with zero attached hydrogens (tertiary/aromatic N) is 5. The van der Waals surface area contributed by atoms with Crippen molar-refractivity contribution in [1.82, 2.24) is 24.4 Å². The lowest BCUT2D eigenvalue weighted by Crippen LogP contribution is -2.22. The summed E-state index contributed by atoms with van der Waals surface area (Å²) in [6.07, 6.45) is 1.70. The van der Waals surface area contributed by atoms with Crippen LogP contribution < -0.4 is 5.56 Å². The summed E-state index contributed by atoms with van der Waals surface area (Å²) in [4.78, 5) is 13.1. The van der Waals surface area contributed by atoms with Crippen molar-refractivity contribution >= 4 is 28.3 Å². The normalized spacial score (nSPS) is 11.5. The van der Waals surface area contributed by atoms with E-state index in [-0.39, 0.29) is 23.5 Å².